The highest BCUT2D eigenvalue weighted by Gasteiger charge is 2.14. The van der Waals surface area contributed by atoms with Crippen molar-refractivity contribution in [2.75, 3.05) is 13.7 Å². The van der Waals surface area contributed by atoms with Gasteiger partial charge in [0.15, 0.2) is 0 Å². The topological polar surface area (TPSA) is 58.1 Å². The molecular weight excluding hydrogens is 240 g/mol. The van der Waals surface area contributed by atoms with Crippen LogP contribution in [0.25, 0.3) is 11.3 Å². The number of aliphatic hydroxyl groups excluding tert-OH is 1. The number of aryl methyl sites for hydroxylation is 3. The van der Waals surface area contributed by atoms with E-state index in [1.807, 2.05) is 13.0 Å². The largest absolute Gasteiger partial charge is 0.496 e. The number of imidazole rings is 1. The third-order valence-corrected chi connectivity index (χ3v) is 3.35. The molecule has 0 saturated carbocycles. The van der Waals surface area contributed by atoms with Gasteiger partial charge in [0.25, 0.3) is 0 Å². The fraction of sp³-hybridized carbons (Fsp3) is 0.400. The van der Waals surface area contributed by atoms with Crippen LogP contribution in [-0.2, 0) is 6.42 Å². The molecule has 0 unspecified atom stereocenters. The highest BCUT2D eigenvalue weighted by atomic mass is 16.5. The van der Waals surface area contributed by atoms with Crippen LogP contribution in [0.5, 0.6) is 5.75 Å². The number of aliphatic hydroxyl groups is 1. The molecule has 0 bridgehead atoms. The average Bonchev–Trinajstić information content (AvgIpc) is 2.73. The maximum absolute atomic E-state index is 8.99. The highest BCUT2D eigenvalue weighted by Crippen LogP contribution is 2.33. The fourth-order valence-corrected chi connectivity index (χ4v) is 2.15. The van der Waals surface area contributed by atoms with Crippen LogP contribution >= 0.6 is 0 Å². The van der Waals surface area contributed by atoms with Gasteiger partial charge in [-0.2, -0.15) is 0 Å². The number of nitrogens with zero attached hydrogens (tertiary/aromatic N) is 1. The number of hydrogen-bond acceptors (Lipinski definition) is 3. The Morgan fingerprint density at radius 3 is 2.53 bits per heavy atom. The smallest absolute Gasteiger partial charge is 0.128 e. The molecule has 2 aromatic rings. The number of rotatable bonds is 4. The molecule has 0 aliphatic carbocycles. The van der Waals surface area contributed by atoms with Gasteiger partial charge >= 0.3 is 0 Å². The summed E-state index contributed by atoms with van der Waals surface area (Å²) in [6.07, 6.45) is 0.536. The van der Waals surface area contributed by atoms with Gasteiger partial charge < -0.3 is 14.8 Å². The van der Waals surface area contributed by atoms with Gasteiger partial charge in [-0.25, -0.2) is 4.98 Å². The minimum absolute atomic E-state index is 0.0937. The van der Waals surface area contributed by atoms with Gasteiger partial charge in [-0.3, -0.25) is 0 Å². The maximum atomic E-state index is 8.99. The lowest BCUT2D eigenvalue weighted by Crippen LogP contribution is -1.94. The molecule has 0 amide bonds. The van der Waals surface area contributed by atoms with Gasteiger partial charge in [0.2, 0.25) is 0 Å². The first-order valence-electron chi connectivity index (χ1n) is 6.38. The number of ether oxygens (including phenoxy) is 1. The molecule has 102 valence electrons. The van der Waals surface area contributed by atoms with Crippen LogP contribution < -0.4 is 4.74 Å². The number of nitrogens with one attached hydrogen (secondary N) is 1. The van der Waals surface area contributed by atoms with Crippen molar-refractivity contribution in [3.63, 3.8) is 0 Å². The van der Waals surface area contributed by atoms with Crippen molar-refractivity contribution in [2.24, 2.45) is 0 Å². The molecule has 0 aliphatic rings. The second kappa shape index (κ2) is 5.45. The molecule has 1 heterocycles. The van der Waals surface area contributed by atoms with Gasteiger partial charge in [0.1, 0.15) is 11.6 Å². The van der Waals surface area contributed by atoms with E-state index in [-0.39, 0.29) is 6.61 Å². The molecule has 2 N–H and O–H groups in total. The Kier molecular flexibility index (Phi) is 3.90. The summed E-state index contributed by atoms with van der Waals surface area (Å²) in [6.45, 7) is 6.22. The predicted molar refractivity (Wildman–Crippen MR) is 75.6 cm³/mol. The number of methoxy groups -OCH3 is 1. The van der Waals surface area contributed by atoms with Crippen LogP contribution in [0.3, 0.4) is 0 Å². The first-order chi connectivity index (χ1) is 9.06. The summed E-state index contributed by atoms with van der Waals surface area (Å²) in [7, 11) is 1.67. The highest BCUT2D eigenvalue weighted by molar-refractivity contribution is 5.71. The van der Waals surface area contributed by atoms with E-state index in [0.717, 1.165) is 28.5 Å². The Morgan fingerprint density at radius 1 is 1.21 bits per heavy atom. The zero-order chi connectivity index (χ0) is 14.0. The summed E-state index contributed by atoms with van der Waals surface area (Å²) in [5.41, 5.74) is 5.28. The van der Waals surface area contributed by atoms with Gasteiger partial charge in [-0.05, 0) is 44.0 Å². The molecule has 0 aliphatic heterocycles. The normalized spacial score (nSPS) is 10.8. The Labute approximate surface area is 113 Å². The molecule has 2 rings (SSSR count). The zero-order valence-corrected chi connectivity index (χ0v) is 11.9. The number of benzene rings is 1. The van der Waals surface area contributed by atoms with Crippen LogP contribution in [0.2, 0.25) is 0 Å². The Bertz CT molecular complexity index is 588. The van der Waals surface area contributed by atoms with E-state index >= 15 is 0 Å². The first-order valence-corrected chi connectivity index (χ1v) is 6.38. The zero-order valence-electron chi connectivity index (χ0n) is 11.9. The van der Waals surface area contributed by atoms with Crippen molar-refractivity contribution >= 4 is 0 Å². The van der Waals surface area contributed by atoms with Crippen LogP contribution in [0.15, 0.2) is 12.1 Å². The molecule has 1 aromatic heterocycles. The van der Waals surface area contributed by atoms with Crippen molar-refractivity contribution in [3.8, 4) is 17.0 Å². The van der Waals surface area contributed by atoms with Crippen molar-refractivity contribution in [2.45, 2.75) is 27.2 Å². The van der Waals surface area contributed by atoms with Crippen molar-refractivity contribution < 1.29 is 9.84 Å². The summed E-state index contributed by atoms with van der Waals surface area (Å²) < 4.78 is 5.46. The minimum Gasteiger partial charge on any atom is -0.496 e. The molecule has 0 spiro atoms. The van der Waals surface area contributed by atoms with Crippen LogP contribution in [0.1, 0.15) is 22.6 Å². The molecule has 0 radical (unpaired) electrons. The fourth-order valence-electron chi connectivity index (χ4n) is 2.15. The van der Waals surface area contributed by atoms with E-state index in [1.54, 1.807) is 7.11 Å². The summed E-state index contributed by atoms with van der Waals surface area (Å²) in [5.74, 6) is 1.63. The van der Waals surface area contributed by atoms with Crippen molar-refractivity contribution in [1.82, 2.24) is 9.97 Å². The SMILES string of the molecule is COc1cc(C)c(C)cc1-c1nc(CCO)[nH]c1C. The molecule has 0 fully saturated rings. The predicted octanol–water partition coefficient (Wildman–Crippen LogP) is 2.55. The molecule has 0 atom stereocenters. The number of aromatic nitrogens is 2. The molecule has 4 nitrogen and oxygen atoms in total. The summed E-state index contributed by atoms with van der Waals surface area (Å²) >= 11 is 0. The van der Waals surface area contributed by atoms with E-state index in [2.05, 4.69) is 29.9 Å². The minimum atomic E-state index is 0.0937. The molecule has 4 heteroatoms. The molecular formula is C15H20N2O2. The van der Waals surface area contributed by atoms with Crippen LogP contribution in [0, 0.1) is 20.8 Å². The van der Waals surface area contributed by atoms with Gasteiger partial charge in [0, 0.05) is 17.7 Å². The Morgan fingerprint density at radius 2 is 1.89 bits per heavy atom. The first kappa shape index (κ1) is 13.6. The van der Waals surface area contributed by atoms with E-state index in [1.165, 1.54) is 11.1 Å². The van der Waals surface area contributed by atoms with E-state index in [0.29, 0.717) is 6.42 Å². The summed E-state index contributed by atoms with van der Waals surface area (Å²) in [4.78, 5) is 7.76. The van der Waals surface area contributed by atoms with Gasteiger partial charge in [0.05, 0.1) is 19.4 Å². The van der Waals surface area contributed by atoms with Crippen molar-refractivity contribution in [3.05, 3.63) is 34.8 Å². The van der Waals surface area contributed by atoms with Crippen LogP contribution in [0.4, 0.5) is 0 Å². The maximum Gasteiger partial charge on any atom is 0.128 e. The number of H-pyrrole nitrogens is 1. The second-order valence-electron chi connectivity index (χ2n) is 4.77. The van der Waals surface area contributed by atoms with Crippen LogP contribution in [-0.4, -0.2) is 28.8 Å². The van der Waals surface area contributed by atoms with E-state index < -0.39 is 0 Å². The molecule has 1 aromatic carbocycles. The lowest BCUT2D eigenvalue weighted by molar-refractivity contribution is 0.297. The lowest BCUT2D eigenvalue weighted by Gasteiger charge is -2.10. The molecule has 19 heavy (non-hydrogen) atoms. The summed E-state index contributed by atoms with van der Waals surface area (Å²) in [5, 5.41) is 8.99. The van der Waals surface area contributed by atoms with E-state index in [9.17, 15) is 0 Å². The van der Waals surface area contributed by atoms with E-state index in [4.69, 9.17) is 9.84 Å². The van der Waals surface area contributed by atoms with Crippen molar-refractivity contribution in [1.29, 1.82) is 0 Å². The number of aromatic amines is 1. The Balaban J connectivity index is 2.54. The second-order valence-corrected chi connectivity index (χ2v) is 4.77. The third-order valence-electron chi connectivity index (χ3n) is 3.35. The average molecular weight is 260 g/mol. The summed E-state index contributed by atoms with van der Waals surface area (Å²) in [6, 6.07) is 4.13. The van der Waals surface area contributed by atoms with Gasteiger partial charge in [-0.15, -0.1) is 0 Å². The quantitative estimate of drug-likeness (QED) is 0.888. The lowest BCUT2D eigenvalue weighted by atomic mass is 10.0. The molecule has 0 saturated heterocycles. The standard InChI is InChI=1S/C15H20N2O2/c1-9-7-12(13(19-4)8-10(9)2)15-11(3)16-14(17-15)5-6-18/h7-8,18H,5-6H2,1-4H3,(H,16,17). The third kappa shape index (κ3) is 2.63. The monoisotopic (exact) mass is 260 g/mol. The Hall–Kier alpha value is -1.81. The number of hydrogen-bond donors (Lipinski definition) is 2. The van der Waals surface area contributed by atoms with Gasteiger partial charge in [-0.1, -0.05) is 0 Å².